The van der Waals surface area contributed by atoms with Crippen molar-refractivity contribution in [2.45, 2.75) is 38.9 Å². The molecule has 4 aromatic carbocycles. The summed E-state index contributed by atoms with van der Waals surface area (Å²) in [5, 5.41) is 11.4. The average Bonchev–Trinajstić information content (AvgIpc) is 3.41. The van der Waals surface area contributed by atoms with Gasteiger partial charge in [-0.25, -0.2) is 9.07 Å². The Morgan fingerprint density at radius 3 is 2.16 bits per heavy atom. The van der Waals surface area contributed by atoms with Crippen molar-refractivity contribution < 1.29 is 14.0 Å². The van der Waals surface area contributed by atoms with Crippen LogP contribution in [0.2, 0.25) is 0 Å². The number of aromatic nitrogens is 3. The molecule has 1 atom stereocenters. The molecule has 1 heterocycles. The standard InChI is InChI=1S/C34H35FN6O2/c1-23(2)25-11-13-26(14-12-25)33(34(43)36-28-17-19-29(20-18-28)39(3)4)40(21-24-9-15-27(35)16-10-24)32(42)22-41-31-8-6-5-7-30(31)37-38-41/h5-20,23,33H,21-22H2,1-4H3,(H,36,43)/t33-/m1/s1. The number of rotatable bonds is 10. The van der Waals surface area contributed by atoms with E-state index in [2.05, 4.69) is 29.5 Å². The van der Waals surface area contributed by atoms with Crippen LogP contribution in [0.5, 0.6) is 0 Å². The minimum absolute atomic E-state index is 0.0787. The highest BCUT2D eigenvalue weighted by atomic mass is 19.1. The third-order valence-electron chi connectivity index (χ3n) is 7.42. The topological polar surface area (TPSA) is 83.4 Å². The van der Waals surface area contributed by atoms with Crippen LogP contribution in [0.4, 0.5) is 15.8 Å². The molecule has 0 saturated heterocycles. The first kappa shape index (κ1) is 29.4. The fourth-order valence-corrected chi connectivity index (χ4v) is 4.95. The maximum Gasteiger partial charge on any atom is 0.251 e. The first-order valence-corrected chi connectivity index (χ1v) is 14.2. The normalized spacial score (nSPS) is 11.9. The molecular weight excluding hydrogens is 543 g/mol. The summed E-state index contributed by atoms with van der Waals surface area (Å²) >= 11 is 0. The molecular formula is C34H35FN6O2. The predicted molar refractivity (Wildman–Crippen MR) is 167 cm³/mol. The molecule has 0 fully saturated rings. The largest absolute Gasteiger partial charge is 0.378 e. The van der Waals surface area contributed by atoms with E-state index in [1.54, 1.807) is 12.1 Å². The van der Waals surface area contributed by atoms with Gasteiger partial charge in [0.05, 0.1) is 5.52 Å². The van der Waals surface area contributed by atoms with E-state index in [1.165, 1.54) is 21.7 Å². The van der Waals surface area contributed by atoms with Crippen LogP contribution >= 0.6 is 0 Å². The molecule has 0 bridgehead atoms. The van der Waals surface area contributed by atoms with Crippen molar-refractivity contribution in [2.75, 3.05) is 24.3 Å². The fraction of sp³-hybridized carbons (Fsp3) is 0.235. The lowest BCUT2D eigenvalue weighted by atomic mass is 9.97. The summed E-state index contributed by atoms with van der Waals surface area (Å²) < 4.78 is 15.3. The molecule has 220 valence electrons. The zero-order valence-corrected chi connectivity index (χ0v) is 24.7. The van der Waals surface area contributed by atoms with Gasteiger partial charge < -0.3 is 15.1 Å². The van der Waals surface area contributed by atoms with Crippen molar-refractivity contribution in [1.82, 2.24) is 19.9 Å². The van der Waals surface area contributed by atoms with Crippen molar-refractivity contribution in [2.24, 2.45) is 0 Å². The van der Waals surface area contributed by atoms with Gasteiger partial charge >= 0.3 is 0 Å². The Hall–Kier alpha value is -5.05. The maximum absolute atomic E-state index is 14.2. The van der Waals surface area contributed by atoms with Gasteiger partial charge in [0.1, 0.15) is 23.9 Å². The van der Waals surface area contributed by atoms with Gasteiger partial charge in [0.25, 0.3) is 5.91 Å². The van der Waals surface area contributed by atoms with E-state index in [0.717, 1.165) is 11.3 Å². The van der Waals surface area contributed by atoms with Crippen LogP contribution in [0.3, 0.4) is 0 Å². The number of carbonyl (C=O) groups is 2. The number of benzene rings is 4. The molecule has 0 radical (unpaired) electrons. The van der Waals surface area contributed by atoms with Crippen LogP contribution in [-0.4, -0.2) is 45.8 Å². The molecule has 9 heteroatoms. The zero-order chi connectivity index (χ0) is 30.5. The summed E-state index contributed by atoms with van der Waals surface area (Å²) in [7, 11) is 3.89. The second-order valence-electron chi connectivity index (χ2n) is 11.0. The maximum atomic E-state index is 14.2. The molecule has 0 aliphatic heterocycles. The van der Waals surface area contributed by atoms with Gasteiger partial charge in [0.2, 0.25) is 5.91 Å². The summed E-state index contributed by atoms with van der Waals surface area (Å²) in [5.74, 6) is -0.783. The Morgan fingerprint density at radius 1 is 0.860 bits per heavy atom. The van der Waals surface area contributed by atoms with E-state index in [1.807, 2.05) is 91.8 Å². The lowest BCUT2D eigenvalue weighted by Gasteiger charge is -2.32. The summed E-state index contributed by atoms with van der Waals surface area (Å²) in [4.78, 5) is 31.8. The van der Waals surface area contributed by atoms with Gasteiger partial charge in [-0.15, -0.1) is 5.10 Å². The van der Waals surface area contributed by atoms with E-state index in [4.69, 9.17) is 0 Å². The number of carbonyl (C=O) groups excluding carboxylic acids is 2. The predicted octanol–water partition coefficient (Wildman–Crippen LogP) is 6.17. The van der Waals surface area contributed by atoms with Gasteiger partial charge in [-0.3, -0.25) is 9.59 Å². The van der Waals surface area contributed by atoms with Crippen molar-refractivity contribution in [3.8, 4) is 0 Å². The average molecular weight is 579 g/mol. The van der Waals surface area contributed by atoms with Crippen molar-refractivity contribution in [3.63, 3.8) is 0 Å². The summed E-state index contributed by atoms with van der Waals surface area (Å²) in [6, 6.07) is 27.6. The quantitative estimate of drug-likeness (QED) is 0.214. The number of halogens is 1. The Bertz CT molecular complexity index is 1700. The molecule has 0 spiro atoms. The van der Waals surface area contributed by atoms with E-state index in [0.29, 0.717) is 33.8 Å². The molecule has 1 N–H and O–H groups in total. The van der Waals surface area contributed by atoms with Crippen LogP contribution in [0.15, 0.2) is 97.1 Å². The molecule has 0 aliphatic rings. The Morgan fingerprint density at radius 2 is 1.51 bits per heavy atom. The number of nitrogens with zero attached hydrogens (tertiary/aromatic N) is 5. The highest BCUT2D eigenvalue weighted by Crippen LogP contribution is 2.28. The molecule has 0 unspecified atom stereocenters. The monoisotopic (exact) mass is 578 g/mol. The summed E-state index contributed by atoms with van der Waals surface area (Å²) in [6.45, 7) is 4.15. The Labute approximate surface area is 250 Å². The molecule has 8 nitrogen and oxygen atoms in total. The van der Waals surface area contributed by atoms with E-state index in [9.17, 15) is 14.0 Å². The zero-order valence-electron chi connectivity index (χ0n) is 24.7. The first-order chi connectivity index (χ1) is 20.7. The summed E-state index contributed by atoms with van der Waals surface area (Å²) in [6.07, 6.45) is 0. The van der Waals surface area contributed by atoms with Crippen molar-refractivity contribution >= 4 is 34.2 Å². The van der Waals surface area contributed by atoms with Crippen LogP contribution in [0.25, 0.3) is 11.0 Å². The second kappa shape index (κ2) is 12.9. The number of nitrogens with one attached hydrogen (secondary N) is 1. The van der Waals surface area contributed by atoms with Crippen molar-refractivity contribution in [1.29, 1.82) is 0 Å². The lowest BCUT2D eigenvalue weighted by Crippen LogP contribution is -2.42. The summed E-state index contributed by atoms with van der Waals surface area (Å²) in [5.41, 5.74) is 5.44. The minimum Gasteiger partial charge on any atom is -0.378 e. The van der Waals surface area contributed by atoms with Gasteiger partial charge in [-0.1, -0.05) is 67.6 Å². The number of anilines is 2. The molecule has 0 saturated carbocycles. The number of hydrogen-bond acceptors (Lipinski definition) is 5. The third kappa shape index (κ3) is 6.89. The van der Waals surface area contributed by atoms with E-state index in [-0.39, 0.29) is 30.7 Å². The molecule has 1 aromatic heterocycles. The molecule has 2 amide bonds. The van der Waals surface area contributed by atoms with Crippen LogP contribution < -0.4 is 10.2 Å². The number of amides is 2. The van der Waals surface area contributed by atoms with Crippen LogP contribution in [-0.2, 0) is 22.7 Å². The van der Waals surface area contributed by atoms with Gasteiger partial charge in [-0.05, 0) is 71.1 Å². The van der Waals surface area contributed by atoms with Gasteiger partial charge in [-0.2, -0.15) is 0 Å². The third-order valence-corrected chi connectivity index (χ3v) is 7.42. The van der Waals surface area contributed by atoms with Gasteiger partial charge in [0, 0.05) is 32.0 Å². The Kier molecular flexibility index (Phi) is 8.80. The van der Waals surface area contributed by atoms with E-state index < -0.39 is 6.04 Å². The van der Waals surface area contributed by atoms with Crippen LogP contribution in [0.1, 0.15) is 42.5 Å². The van der Waals surface area contributed by atoms with Crippen LogP contribution in [0, 0.1) is 5.82 Å². The highest BCUT2D eigenvalue weighted by molar-refractivity contribution is 5.98. The second-order valence-corrected chi connectivity index (χ2v) is 11.0. The fourth-order valence-electron chi connectivity index (χ4n) is 4.95. The minimum atomic E-state index is -0.984. The smallest absolute Gasteiger partial charge is 0.251 e. The van der Waals surface area contributed by atoms with Gasteiger partial charge in [0.15, 0.2) is 0 Å². The lowest BCUT2D eigenvalue weighted by molar-refractivity contribution is -0.140. The van der Waals surface area contributed by atoms with Crippen molar-refractivity contribution in [3.05, 3.63) is 120 Å². The molecule has 43 heavy (non-hydrogen) atoms. The number of fused-ring (bicyclic) bond motifs is 1. The number of para-hydroxylation sites is 1. The first-order valence-electron chi connectivity index (χ1n) is 14.2. The Balaban J connectivity index is 1.55. The molecule has 0 aliphatic carbocycles. The number of hydrogen-bond donors (Lipinski definition) is 1. The van der Waals surface area contributed by atoms with E-state index >= 15 is 0 Å². The molecule has 5 aromatic rings. The highest BCUT2D eigenvalue weighted by Gasteiger charge is 2.32. The molecule has 5 rings (SSSR count). The SMILES string of the molecule is CC(C)c1ccc([C@H](C(=O)Nc2ccc(N(C)C)cc2)N(Cc2ccc(F)cc2)C(=O)Cn2nnc3ccccc32)cc1.